The lowest BCUT2D eigenvalue weighted by atomic mass is 9.96. The third kappa shape index (κ3) is 4.78. The van der Waals surface area contributed by atoms with E-state index in [4.69, 9.17) is 11.1 Å². The number of carbonyl (C=O) groups excluding carboxylic acids is 1. The Balaban J connectivity index is 1.67. The predicted molar refractivity (Wildman–Crippen MR) is 136 cm³/mol. The van der Waals surface area contributed by atoms with Gasteiger partial charge in [0.1, 0.15) is 0 Å². The van der Waals surface area contributed by atoms with Gasteiger partial charge in [-0.25, -0.2) is 4.79 Å². The van der Waals surface area contributed by atoms with Crippen LogP contribution in [0, 0.1) is 24.2 Å². The average Bonchev–Trinajstić information content (AvgIpc) is 3.56. The van der Waals surface area contributed by atoms with E-state index in [0.717, 1.165) is 54.8 Å². The summed E-state index contributed by atoms with van der Waals surface area (Å²) < 4.78 is 2.42. The highest BCUT2D eigenvalue weighted by atomic mass is 16.2. The van der Waals surface area contributed by atoms with Crippen molar-refractivity contribution in [3.05, 3.63) is 38.5 Å². The van der Waals surface area contributed by atoms with E-state index in [1.54, 1.807) is 10.6 Å². The maximum Gasteiger partial charge on any atom is 0.350 e. The number of nitrogen functional groups attached to an aromatic ring is 1. The van der Waals surface area contributed by atoms with Crippen molar-refractivity contribution in [2.45, 2.75) is 58.5 Å². The van der Waals surface area contributed by atoms with Gasteiger partial charge in [0.2, 0.25) is 5.91 Å². The van der Waals surface area contributed by atoms with E-state index >= 15 is 0 Å². The van der Waals surface area contributed by atoms with Crippen molar-refractivity contribution >= 4 is 22.5 Å². The van der Waals surface area contributed by atoms with Crippen molar-refractivity contribution < 1.29 is 4.79 Å². The summed E-state index contributed by atoms with van der Waals surface area (Å²) in [6, 6.07) is 6.18. The molecule has 0 bridgehead atoms. The number of nitrogens with one attached hydrogen (secondary N) is 1. The molecule has 0 spiro atoms. The molecule has 1 aliphatic carbocycles. The lowest BCUT2D eigenvalue weighted by molar-refractivity contribution is -0.119. The SMILES string of the molecule is CCN(CCC#N)C(CNC(C)=O)C1CCN(c2ccc3c(=O)n(N)c(=O)n(C4CC4)c3c2C)C1. The first-order chi connectivity index (χ1) is 16.8. The lowest BCUT2D eigenvalue weighted by Gasteiger charge is -2.35. The maximum atomic E-state index is 12.9. The first-order valence-electron chi connectivity index (χ1n) is 12.4. The molecule has 3 N–H and O–H groups in total. The minimum Gasteiger partial charge on any atom is -0.371 e. The average molecular weight is 482 g/mol. The number of aromatic nitrogens is 2. The Morgan fingerprint density at radius 1 is 1.31 bits per heavy atom. The zero-order chi connectivity index (χ0) is 25.3. The number of benzene rings is 1. The van der Waals surface area contributed by atoms with Crippen LogP contribution in [0.25, 0.3) is 10.9 Å². The second kappa shape index (κ2) is 10.1. The molecular weight excluding hydrogens is 446 g/mol. The van der Waals surface area contributed by atoms with Gasteiger partial charge in [0, 0.05) is 57.3 Å². The molecule has 2 unspecified atom stereocenters. The van der Waals surface area contributed by atoms with Crippen LogP contribution in [-0.4, -0.2) is 58.8 Å². The number of hydrogen-bond acceptors (Lipinski definition) is 7. The number of amides is 1. The standard InChI is InChI=1S/C25H35N7O3/c1-4-29(12-5-11-26)22(14-28-17(3)33)18-10-13-30(15-18)21-9-8-20-23(16(21)2)31(19-6-7-19)25(35)32(27)24(20)34/h8-9,18-19,22H,4-7,10,12-15,27H2,1-3H3,(H,28,33). The fraction of sp³-hybridized carbons (Fsp3) is 0.600. The molecule has 35 heavy (non-hydrogen) atoms. The molecule has 1 saturated carbocycles. The summed E-state index contributed by atoms with van der Waals surface area (Å²) in [5.41, 5.74) is 1.68. The van der Waals surface area contributed by atoms with Crippen molar-refractivity contribution in [1.82, 2.24) is 19.5 Å². The summed E-state index contributed by atoms with van der Waals surface area (Å²) in [6.07, 6.45) is 3.21. The van der Waals surface area contributed by atoms with Gasteiger partial charge in [0.25, 0.3) is 5.56 Å². The van der Waals surface area contributed by atoms with E-state index < -0.39 is 11.2 Å². The van der Waals surface area contributed by atoms with Gasteiger partial charge in [-0.05, 0) is 56.3 Å². The first-order valence-corrected chi connectivity index (χ1v) is 12.4. The molecule has 10 nitrogen and oxygen atoms in total. The Morgan fingerprint density at radius 3 is 2.69 bits per heavy atom. The normalized spacial score (nSPS) is 18.7. The van der Waals surface area contributed by atoms with Crippen LogP contribution in [0.4, 0.5) is 5.69 Å². The molecule has 2 heterocycles. The Hall–Kier alpha value is -3.32. The number of aryl methyl sites for hydroxylation is 1. The summed E-state index contributed by atoms with van der Waals surface area (Å²) in [5.74, 6) is 6.05. The van der Waals surface area contributed by atoms with E-state index in [1.165, 1.54) is 6.92 Å². The molecule has 1 aromatic heterocycles. The van der Waals surface area contributed by atoms with Crippen molar-refractivity contribution in [3.63, 3.8) is 0 Å². The highest BCUT2D eigenvalue weighted by Crippen LogP contribution is 2.38. The number of nitrogens with zero attached hydrogens (tertiary/aromatic N) is 5. The van der Waals surface area contributed by atoms with Gasteiger partial charge in [0.15, 0.2) is 0 Å². The van der Waals surface area contributed by atoms with Crippen molar-refractivity contribution in [2.24, 2.45) is 5.92 Å². The van der Waals surface area contributed by atoms with Gasteiger partial charge in [-0.2, -0.15) is 9.94 Å². The quantitative estimate of drug-likeness (QED) is 0.513. The summed E-state index contributed by atoms with van der Waals surface area (Å²) in [6.45, 7) is 9.23. The van der Waals surface area contributed by atoms with Crippen molar-refractivity contribution in [3.8, 4) is 6.07 Å². The topological polar surface area (TPSA) is 129 Å². The molecule has 1 amide bonds. The van der Waals surface area contributed by atoms with E-state index in [2.05, 4.69) is 28.1 Å². The smallest absolute Gasteiger partial charge is 0.350 e. The van der Waals surface area contributed by atoms with Crippen LogP contribution < -0.4 is 27.3 Å². The van der Waals surface area contributed by atoms with Crippen LogP contribution >= 0.6 is 0 Å². The molecule has 0 radical (unpaired) electrons. The van der Waals surface area contributed by atoms with Gasteiger partial charge >= 0.3 is 5.69 Å². The minimum absolute atomic E-state index is 0.0600. The molecule has 188 valence electrons. The van der Waals surface area contributed by atoms with Crippen LogP contribution in [0.2, 0.25) is 0 Å². The number of anilines is 1. The molecular formula is C25H35N7O3. The van der Waals surface area contributed by atoms with Gasteiger partial charge < -0.3 is 16.1 Å². The predicted octanol–water partition coefficient (Wildman–Crippen LogP) is 1.09. The Kier molecular flexibility index (Phi) is 7.17. The molecule has 2 atom stereocenters. The zero-order valence-electron chi connectivity index (χ0n) is 20.8. The number of rotatable bonds is 9. The Bertz CT molecular complexity index is 1270. The highest BCUT2D eigenvalue weighted by molar-refractivity contribution is 5.87. The summed E-state index contributed by atoms with van der Waals surface area (Å²) in [7, 11) is 0. The number of hydrogen-bond donors (Lipinski definition) is 2. The fourth-order valence-electron chi connectivity index (χ4n) is 5.53. The van der Waals surface area contributed by atoms with Gasteiger partial charge in [-0.3, -0.25) is 19.1 Å². The lowest BCUT2D eigenvalue weighted by Crippen LogP contribution is -2.49. The summed E-state index contributed by atoms with van der Waals surface area (Å²) in [4.78, 5) is 41.9. The molecule has 4 rings (SSSR count). The van der Waals surface area contributed by atoms with Crippen LogP contribution in [0.5, 0.6) is 0 Å². The number of carbonyl (C=O) groups is 1. The molecule has 10 heteroatoms. The molecule has 1 saturated heterocycles. The second-order valence-corrected chi connectivity index (χ2v) is 9.70. The molecule has 1 aliphatic heterocycles. The first kappa shape index (κ1) is 24.8. The van der Waals surface area contributed by atoms with Gasteiger partial charge in [-0.1, -0.05) is 6.92 Å². The van der Waals surface area contributed by atoms with E-state index in [-0.39, 0.29) is 18.0 Å². The number of likely N-dealkylation sites (N-methyl/N-ethyl adjacent to an activating group) is 1. The third-order valence-electron chi connectivity index (χ3n) is 7.47. The van der Waals surface area contributed by atoms with Crippen molar-refractivity contribution in [2.75, 3.05) is 43.5 Å². The number of fused-ring (bicyclic) bond motifs is 1. The largest absolute Gasteiger partial charge is 0.371 e. The Morgan fingerprint density at radius 2 is 2.06 bits per heavy atom. The number of nitriles is 1. The third-order valence-corrected chi connectivity index (χ3v) is 7.47. The number of nitrogens with two attached hydrogens (primary N) is 1. The molecule has 2 aliphatic rings. The van der Waals surface area contributed by atoms with Gasteiger partial charge in [0.05, 0.1) is 17.0 Å². The van der Waals surface area contributed by atoms with Crippen LogP contribution in [0.15, 0.2) is 21.7 Å². The highest BCUT2D eigenvalue weighted by Gasteiger charge is 2.34. The molecule has 2 aromatic rings. The fourth-order valence-corrected chi connectivity index (χ4v) is 5.53. The van der Waals surface area contributed by atoms with Crippen molar-refractivity contribution in [1.29, 1.82) is 5.26 Å². The Labute approximate surface area is 204 Å². The summed E-state index contributed by atoms with van der Waals surface area (Å²) >= 11 is 0. The zero-order valence-corrected chi connectivity index (χ0v) is 20.8. The molecule has 2 fully saturated rings. The van der Waals surface area contributed by atoms with Gasteiger partial charge in [-0.15, -0.1) is 0 Å². The summed E-state index contributed by atoms with van der Waals surface area (Å²) in [5, 5.41) is 12.5. The van der Waals surface area contributed by atoms with E-state index in [9.17, 15) is 14.4 Å². The maximum absolute atomic E-state index is 12.9. The van der Waals surface area contributed by atoms with E-state index in [0.29, 0.717) is 36.3 Å². The van der Waals surface area contributed by atoms with E-state index in [1.807, 2.05) is 13.0 Å². The van der Waals surface area contributed by atoms with Crippen LogP contribution in [-0.2, 0) is 4.79 Å². The molecule has 1 aromatic carbocycles. The monoisotopic (exact) mass is 481 g/mol. The van der Waals surface area contributed by atoms with Crippen LogP contribution in [0.1, 0.15) is 51.1 Å². The second-order valence-electron chi connectivity index (χ2n) is 9.70. The van der Waals surface area contributed by atoms with Crippen LogP contribution in [0.3, 0.4) is 0 Å². The minimum atomic E-state index is -0.470.